The number of hydrogen-bond acceptors (Lipinski definition) is 5. The molecule has 3 aromatic carbocycles. The third kappa shape index (κ3) is 4.79. The molecule has 0 fully saturated rings. The number of aromatic nitrogens is 1. The van der Waals surface area contributed by atoms with E-state index in [4.69, 9.17) is 4.42 Å². The molecule has 0 saturated heterocycles. The van der Waals surface area contributed by atoms with Crippen molar-refractivity contribution in [3.8, 4) is 22.6 Å². The molecule has 7 nitrogen and oxygen atoms in total. The number of nitro benzene ring substituents is 1. The standard InChI is InChI=1S/C25H19N3O4/c1-17-5-7-20(25-26-13-14-32-25)16-23(17)19-8-10-21(11-9-19)27-24(29)12-6-18-3-2-4-22(15-18)28(30)31/h2-16H,1H3,(H,27,29)/b12-6+. The van der Waals surface area contributed by atoms with Gasteiger partial charge in [0.2, 0.25) is 11.8 Å². The van der Waals surface area contributed by atoms with Crippen LogP contribution in [0.5, 0.6) is 0 Å². The van der Waals surface area contributed by atoms with Crippen molar-refractivity contribution in [2.24, 2.45) is 0 Å². The summed E-state index contributed by atoms with van der Waals surface area (Å²) >= 11 is 0. The molecular weight excluding hydrogens is 406 g/mol. The lowest BCUT2D eigenvalue weighted by Gasteiger charge is -2.09. The molecule has 32 heavy (non-hydrogen) atoms. The number of aryl methyl sites for hydroxylation is 1. The zero-order valence-corrected chi connectivity index (χ0v) is 17.2. The molecule has 1 amide bonds. The van der Waals surface area contributed by atoms with Gasteiger partial charge in [0, 0.05) is 29.5 Å². The van der Waals surface area contributed by atoms with Crippen molar-refractivity contribution in [2.45, 2.75) is 6.92 Å². The van der Waals surface area contributed by atoms with Crippen molar-refractivity contribution in [1.29, 1.82) is 0 Å². The van der Waals surface area contributed by atoms with E-state index in [1.165, 1.54) is 24.3 Å². The molecule has 0 atom stereocenters. The van der Waals surface area contributed by atoms with Gasteiger partial charge >= 0.3 is 0 Å². The number of amides is 1. The molecule has 158 valence electrons. The Morgan fingerprint density at radius 1 is 1.06 bits per heavy atom. The van der Waals surface area contributed by atoms with Crippen LogP contribution in [-0.4, -0.2) is 15.8 Å². The van der Waals surface area contributed by atoms with Crippen LogP contribution >= 0.6 is 0 Å². The molecule has 4 rings (SSSR count). The Morgan fingerprint density at radius 3 is 2.56 bits per heavy atom. The van der Waals surface area contributed by atoms with E-state index in [2.05, 4.69) is 10.3 Å². The molecule has 1 aromatic heterocycles. The fourth-order valence-electron chi connectivity index (χ4n) is 3.26. The number of nitrogens with zero attached hydrogens (tertiary/aromatic N) is 2. The van der Waals surface area contributed by atoms with Crippen molar-refractivity contribution in [3.63, 3.8) is 0 Å². The quantitative estimate of drug-likeness (QED) is 0.236. The Kier molecular flexibility index (Phi) is 5.89. The topological polar surface area (TPSA) is 98.3 Å². The Hall–Kier alpha value is -4.52. The largest absolute Gasteiger partial charge is 0.445 e. The summed E-state index contributed by atoms with van der Waals surface area (Å²) in [6.45, 7) is 2.03. The van der Waals surface area contributed by atoms with Crippen molar-refractivity contribution < 1.29 is 14.1 Å². The number of nitrogens with one attached hydrogen (secondary N) is 1. The normalized spacial score (nSPS) is 10.9. The van der Waals surface area contributed by atoms with Gasteiger partial charge in [-0.3, -0.25) is 14.9 Å². The van der Waals surface area contributed by atoms with E-state index in [9.17, 15) is 14.9 Å². The van der Waals surface area contributed by atoms with Gasteiger partial charge in [0.1, 0.15) is 6.26 Å². The first-order chi connectivity index (χ1) is 15.5. The second kappa shape index (κ2) is 9.09. The number of oxazole rings is 1. The lowest BCUT2D eigenvalue weighted by molar-refractivity contribution is -0.384. The van der Waals surface area contributed by atoms with Gasteiger partial charge in [-0.2, -0.15) is 0 Å². The minimum atomic E-state index is -0.471. The van der Waals surface area contributed by atoms with Crippen molar-refractivity contribution in [1.82, 2.24) is 4.98 Å². The summed E-state index contributed by atoms with van der Waals surface area (Å²) in [4.78, 5) is 26.8. The van der Waals surface area contributed by atoms with E-state index in [0.717, 1.165) is 22.3 Å². The van der Waals surface area contributed by atoms with Crippen LogP contribution in [0.1, 0.15) is 11.1 Å². The first-order valence-corrected chi connectivity index (χ1v) is 9.84. The molecule has 0 aliphatic carbocycles. The van der Waals surface area contributed by atoms with Crippen LogP contribution in [0, 0.1) is 17.0 Å². The lowest BCUT2D eigenvalue weighted by atomic mass is 9.98. The summed E-state index contributed by atoms with van der Waals surface area (Å²) in [5.74, 6) is 0.233. The molecule has 0 saturated carbocycles. The van der Waals surface area contributed by atoms with Crippen LogP contribution < -0.4 is 5.32 Å². The molecule has 0 radical (unpaired) electrons. The van der Waals surface area contributed by atoms with E-state index in [1.807, 2.05) is 49.4 Å². The third-order valence-corrected chi connectivity index (χ3v) is 4.89. The molecule has 1 heterocycles. The summed E-state index contributed by atoms with van der Waals surface area (Å²) in [6, 6.07) is 19.6. The fraction of sp³-hybridized carbons (Fsp3) is 0.0400. The smallest absolute Gasteiger partial charge is 0.270 e. The number of hydrogen-bond donors (Lipinski definition) is 1. The molecule has 0 bridgehead atoms. The van der Waals surface area contributed by atoms with Crippen LogP contribution in [0.2, 0.25) is 0 Å². The maximum atomic E-state index is 12.2. The van der Waals surface area contributed by atoms with Crippen LogP contribution in [-0.2, 0) is 4.79 Å². The Balaban J connectivity index is 1.46. The maximum absolute atomic E-state index is 12.2. The Bertz CT molecular complexity index is 1290. The highest BCUT2D eigenvalue weighted by atomic mass is 16.6. The molecule has 0 aliphatic rings. The number of nitro groups is 1. The zero-order chi connectivity index (χ0) is 22.5. The maximum Gasteiger partial charge on any atom is 0.270 e. The summed E-state index contributed by atoms with van der Waals surface area (Å²) in [5, 5.41) is 13.6. The molecule has 0 aliphatic heterocycles. The van der Waals surface area contributed by atoms with Gasteiger partial charge in [0.25, 0.3) is 5.69 Å². The van der Waals surface area contributed by atoms with Gasteiger partial charge in [-0.25, -0.2) is 4.98 Å². The van der Waals surface area contributed by atoms with Crippen LogP contribution in [0.15, 0.2) is 89.7 Å². The first-order valence-electron chi connectivity index (χ1n) is 9.84. The Morgan fingerprint density at radius 2 is 1.84 bits per heavy atom. The second-order valence-electron chi connectivity index (χ2n) is 7.12. The highest BCUT2D eigenvalue weighted by Gasteiger charge is 2.09. The first kappa shape index (κ1) is 20.7. The SMILES string of the molecule is Cc1ccc(-c2ncco2)cc1-c1ccc(NC(=O)/C=C/c2cccc([N+](=O)[O-])c2)cc1. The average molecular weight is 425 g/mol. The molecule has 0 spiro atoms. The number of anilines is 1. The molecule has 1 N–H and O–H groups in total. The second-order valence-corrected chi connectivity index (χ2v) is 7.12. The van der Waals surface area contributed by atoms with E-state index < -0.39 is 4.92 Å². The van der Waals surface area contributed by atoms with Gasteiger partial charge in [0.05, 0.1) is 11.1 Å². The molecule has 0 unspecified atom stereocenters. The van der Waals surface area contributed by atoms with Crippen molar-refractivity contribution in [2.75, 3.05) is 5.32 Å². The Labute approximate surface area is 184 Å². The number of benzene rings is 3. The van der Waals surface area contributed by atoms with Gasteiger partial charge in [-0.15, -0.1) is 0 Å². The van der Waals surface area contributed by atoms with E-state index in [1.54, 1.807) is 24.6 Å². The van der Waals surface area contributed by atoms with Gasteiger partial charge in [0.15, 0.2) is 0 Å². The van der Waals surface area contributed by atoms with Crippen molar-refractivity contribution >= 4 is 23.4 Å². The predicted molar refractivity (Wildman–Crippen MR) is 123 cm³/mol. The van der Waals surface area contributed by atoms with E-state index >= 15 is 0 Å². The molecule has 7 heteroatoms. The van der Waals surface area contributed by atoms with Gasteiger partial charge in [-0.05, 0) is 59.5 Å². The number of carbonyl (C=O) groups is 1. The number of carbonyl (C=O) groups excluding carboxylic acids is 1. The van der Waals surface area contributed by atoms with Crippen LogP contribution in [0.4, 0.5) is 11.4 Å². The number of non-ortho nitro benzene ring substituents is 1. The van der Waals surface area contributed by atoms with E-state index in [-0.39, 0.29) is 11.6 Å². The summed E-state index contributed by atoms with van der Waals surface area (Å²) in [7, 11) is 0. The average Bonchev–Trinajstić information content (AvgIpc) is 3.34. The zero-order valence-electron chi connectivity index (χ0n) is 17.2. The molecular formula is C25H19N3O4. The summed E-state index contributed by atoms with van der Waals surface area (Å²) in [6.07, 6.45) is 6.03. The minimum Gasteiger partial charge on any atom is -0.445 e. The van der Waals surface area contributed by atoms with Crippen molar-refractivity contribution in [3.05, 3.63) is 107 Å². The third-order valence-electron chi connectivity index (χ3n) is 4.89. The van der Waals surface area contributed by atoms with Crippen LogP contribution in [0.25, 0.3) is 28.7 Å². The lowest BCUT2D eigenvalue weighted by Crippen LogP contribution is -2.07. The fourth-order valence-corrected chi connectivity index (χ4v) is 3.26. The van der Waals surface area contributed by atoms with E-state index in [0.29, 0.717) is 17.1 Å². The predicted octanol–water partition coefficient (Wildman–Crippen LogP) is 5.88. The summed E-state index contributed by atoms with van der Waals surface area (Å²) in [5.41, 5.74) is 5.24. The number of rotatable bonds is 6. The highest BCUT2D eigenvalue weighted by molar-refractivity contribution is 6.02. The highest BCUT2D eigenvalue weighted by Crippen LogP contribution is 2.29. The monoisotopic (exact) mass is 425 g/mol. The van der Waals surface area contributed by atoms with Gasteiger partial charge < -0.3 is 9.73 Å². The summed E-state index contributed by atoms with van der Waals surface area (Å²) < 4.78 is 5.39. The molecule has 4 aromatic rings. The van der Waals surface area contributed by atoms with Crippen LogP contribution in [0.3, 0.4) is 0 Å². The van der Waals surface area contributed by atoms with Gasteiger partial charge in [-0.1, -0.05) is 30.3 Å². The minimum absolute atomic E-state index is 0.0228.